The van der Waals surface area contributed by atoms with Crippen molar-refractivity contribution in [1.29, 1.82) is 0 Å². The lowest BCUT2D eigenvalue weighted by Crippen LogP contribution is -2.17. The first-order chi connectivity index (χ1) is 11.5. The normalized spacial score (nSPS) is 10.5. The van der Waals surface area contributed by atoms with Crippen molar-refractivity contribution in [3.63, 3.8) is 0 Å². The monoisotopic (exact) mass is 346 g/mol. The van der Waals surface area contributed by atoms with Crippen molar-refractivity contribution in [2.75, 3.05) is 10.6 Å². The van der Waals surface area contributed by atoms with Gasteiger partial charge in [-0.3, -0.25) is 9.59 Å². The van der Waals surface area contributed by atoms with Crippen LogP contribution >= 0.6 is 11.3 Å². The number of rotatable bonds is 7. The Labute approximate surface area is 145 Å². The van der Waals surface area contributed by atoms with Gasteiger partial charge in [0.05, 0.1) is 0 Å². The highest BCUT2D eigenvalue weighted by Gasteiger charge is 2.11. The van der Waals surface area contributed by atoms with E-state index in [1.54, 1.807) is 0 Å². The second kappa shape index (κ2) is 8.54. The first-order valence-electron chi connectivity index (χ1n) is 7.97. The highest BCUT2D eigenvalue weighted by atomic mass is 32.1. The van der Waals surface area contributed by atoms with Crippen molar-refractivity contribution in [2.45, 2.75) is 46.5 Å². The van der Waals surface area contributed by atoms with E-state index in [1.807, 2.05) is 32.0 Å². The van der Waals surface area contributed by atoms with Gasteiger partial charge in [0.2, 0.25) is 16.9 Å². The van der Waals surface area contributed by atoms with Gasteiger partial charge in [0.25, 0.3) is 0 Å². The van der Waals surface area contributed by atoms with Gasteiger partial charge in [-0.25, -0.2) is 0 Å². The van der Waals surface area contributed by atoms with E-state index in [0.717, 1.165) is 34.7 Å². The Balaban J connectivity index is 1.80. The Hall–Kier alpha value is -2.28. The zero-order valence-corrected chi connectivity index (χ0v) is 15.0. The smallest absolute Gasteiger partial charge is 0.226 e. The second-order valence-corrected chi connectivity index (χ2v) is 6.73. The Morgan fingerprint density at radius 3 is 2.50 bits per heavy atom. The second-order valence-electron chi connectivity index (χ2n) is 5.67. The maximum Gasteiger partial charge on any atom is 0.226 e. The van der Waals surface area contributed by atoms with Crippen LogP contribution in [-0.2, 0) is 16.0 Å². The average Bonchev–Trinajstić information content (AvgIpc) is 2.96. The summed E-state index contributed by atoms with van der Waals surface area (Å²) in [4.78, 5) is 23.9. The molecule has 0 spiro atoms. The number of carbonyl (C=O) groups is 2. The molecule has 0 saturated carbocycles. The van der Waals surface area contributed by atoms with Crippen molar-refractivity contribution in [3.8, 4) is 0 Å². The maximum atomic E-state index is 12.0. The van der Waals surface area contributed by atoms with E-state index in [-0.39, 0.29) is 24.7 Å². The van der Waals surface area contributed by atoms with Crippen molar-refractivity contribution >= 4 is 34.0 Å². The van der Waals surface area contributed by atoms with Gasteiger partial charge in [0.1, 0.15) is 5.01 Å². The van der Waals surface area contributed by atoms with Crippen molar-refractivity contribution in [1.82, 2.24) is 10.2 Å². The third kappa shape index (κ3) is 5.42. The number of hydrogen-bond acceptors (Lipinski definition) is 5. The van der Waals surface area contributed by atoms with Crippen LogP contribution < -0.4 is 10.6 Å². The molecule has 0 bridgehead atoms. The van der Waals surface area contributed by atoms with Crippen LogP contribution in [-0.4, -0.2) is 22.0 Å². The quantitative estimate of drug-likeness (QED) is 0.804. The molecule has 0 aliphatic rings. The number of aromatic nitrogens is 2. The number of anilines is 2. The predicted molar refractivity (Wildman–Crippen MR) is 96.3 cm³/mol. The number of nitrogens with one attached hydrogen (secondary N) is 2. The summed E-state index contributed by atoms with van der Waals surface area (Å²) in [6.07, 6.45) is 2.08. The molecule has 24 heavy (non-hydrogen) atoms. The fourth-order valence-electron chi connectivity index (χ4n) is 2.11. The highest BCUT2D eigenvalue weighted by molar-refractivity contribution is 7.15. The van der Waals surface area contributed by atoms with Gasteiger partial charge in [-0.1, -0.05) is 30.4 Å². The van der Waals surface area contributed by atoms with Gasteiger partial charge >= 0.3 is 0 Å². The van der Waals surface area contributed by atoms with Crippen molar-refractivity contribution in [2.24, 2.45) is 0 Å². The summed E-state index contributed by atoms with van der Waals surface area (Å²) in [6, 6.07) is 5.87. The maximum absolute atomic E-state index is 12.0. The van der Waals surface area contributed by atoms with E-state index in [2.05, 4.69) is 27.8 Å². The van der Waals surface area contributed by atoms with Gasteiger partial charge in [0, 0.05) is 24.9 Å². The molecule has 0 radical (unpaired) electrons. The minimum Gasteiger partial charge on any atom is -0.326 e. The van der Waals surface area contributed by atoms with Crippen LogP contribution in [0.25, 0.3) is 0 Å². The molecule has 2 N–H and O–H groups in total. The lowest BCUT2D eigenvalue weighted by atomic mass is 10.1. The summed E-state index contributed by atoms with van der Waals surface area (Å²) in [5, 5.41) is 14.9. The molecule has 1 aromatic carbocycles. The molecular formula is C17H22N4O2S. The van der Waals surface area contributed by atoms with Gasteiger partial charge in [-0.15, -0.1) is 10.2 Å². The lowest BCUT2D eigenvalue weighted by molar-refractivity contribution is -0.121. The van der Waals surface area contributed by atoms with Crippen molar-refractivity contribution in [3.05, 3.63) is 34.3 Å². The molecule has 0 unspecified atom stereocenters. The summed E-state index contributed by atoms with van der Waals surface area (Å²) in [5.74, 6) is -0.409. The number of nitrogens with zero attached hydrogens (tertiary/aromatic N) is 2. The minimum absolute atomic E-state index is 0.111. The van der Waals surface area contributed by atoms with E-state index < -0.39 is 0 Å². The molecule has 7 heteroatoms. The Morgan fingerprint density at radius 2 is 1.79 bits per heavy atom. The summed E-state index contributed by atoms with van der Waals surface area (Å²) in [7, 11) is 0. The molecule has 128 valence electrons. The standard InChI is InChI=1S/C17H22N4O2S/c1-4-5-16-20-21-17(24-16)19-15(23)9-8-14(22)18-13-10-11(2)6-7-12(13)3/h6-7,10H,4-5,8-9H2,1-3H3,(H,18,22)(H,19,21,23). The molecule has 0 atom stereocenters. The third-order valence-corrected chi connectivity index (χ3v) is 4.32. The van der Waals surface area contributed by atoms with Crippen LogP contribution in [0.15, 0.2) is 18.2 Å². The Bertz CT molecular complexity index is 727. The van der Waals surface area contributed by atoms with Crippen LogP contribution in [0, 0.1) is 13.8 Å². The van der Waals surface area contributed by atoms with Crippen LogP contribution in [0.5, 0.6) is 0 Å². The SMILES string of the molecule is CCCc1nnc(NC(=O)CCC(=O)Nc2cc(C)ccc2C)s1. The van der Waals surface area contributed by atoms with Gasteiger partial charge < -0.3 is 10.6 Å². The van der Waals surface area contributed by atoms with E-state index in [4.69, 9.17) is 0 Å². The largest absolute Gasteiger partial charge is 0.326 e. The first-order valence-corrected chi connectivity index (χ1v) is 8.79. The molecule has 6 nitrogen and oxygen atoms in total. The molecule has 0 fully saturated rings. The number of amides is 2. The number of aryl methyl sites for hydroxylation is 3. The Kier molecular flexibility index (Phi) is 6.43. The zero-order chi connectivity index (χ0) is 17.5. The van der Waals surface area contributed by atoms with Crippen LogP contribution in [0.2, 0.25) is 0 Å². The average molecular weight is 346 g/mol. The molecule has 1 aromatic heterocycles. The number of benzene rings is 1. The molecule has 0 saturated heterocycles. The zero-order valence-electron chi connectivity index (χ0n) is 14.2. The fourth-order valence-corrected chi connectivity index (χ4v) is 2.97. The lowest BCUT2D eigenvalue weighted by Gasteiger charge is -2.09. The van der Waals surface area contributed by atoms with Crippen LogP contribution in [0.1, 0.15) is 42.3 Å². The summed E-state index contributed by atoms with van der Waals surface area (Å²) in [6.45, 7) is 5.97. The number of carbonyl (C=O) groups excluding carboxylic acids is 2. The van der Waals surface area contributed by atoms with Gasteiger partial charge in [0.15, 0.2) is 0 Å². The molecule has 0 aliphatic carbocycles. The molecule has 2 amide bonds. The van der Waals surface area contributed by atoms with E-state index in [9.17, 15) is 9.59 Å². The third-order valence-electron chi connectivity index (χ3n) is 3.42. The van der Waals surface area contributed by atoms with Crippen LogP contribution in [0.3, 0.4) is 0 Å². The van der Waals surface area contributed by atoms with Crippen molar-refractivity contribution < 1.29 is 9.59 Å². The molecule has 0 aliphatic heterocycles. The minimum atomic E-state index is -0.231. The van der Waals surface area contributed by atoms with E-state index >= 15 is 0 Å². The topological polar surface area (TPSA) is 84.0 Å². The summed E-state index contributed by atoms with van der Waals surface area (Å²) >= 11 is 1.37. The fraction of sp³-hybridized carbons (Fsp3) is 0.412. The van der Waals surface area contributed by atoms with E-state index in [0.29, 0.717) is 5.13 Å². The highest BCUT2D eigenvalue weighted by Crippen LogP contribution is 2.18. The molecule has 2 rings (SSSR count). The molecule has 2 aromatic rings. The van der Waals surface area contributed by atoms with Gasteiger partial charge in [-0.2, -0.15) is 0 Å². The summed E-state index contributed by atoms with van der Waals surface area (Å²) < 4.78 is 0. The molecule has 1 heterocycles. The van der Waals surface area contributed by atoms with Crippen LogP contribution in [0.4, 0.5) is 10.8 Å². The molecular weight excluding hydrogens is 324 g/mol. The summed E-state index contributed by atoms with van der Waals surface area (Å²) in [5.41, 5.74) is 2.86. The number of hydrogen-bond donors (Lipinski definition) is 2. The first kappa shape index (κ1) is 18.1. The van der Waals surface area contributed by atoms with E-state index in [1.165, 1.54) is 11.3 Å². The van der Waals surface area contributed by atoms with Gasteiger partial charge in [-0.05, 0) is 37.5 Å². The predicted octanol–water partition coefficient (Wildman–Crippen LogP) is 3.46. The Morgan fingerprint density at radius 1 is 1.08 bits per heavy atom.